The molecule has 5 rings (SSSR count). The highest BCUT2D eigenvalue weighted by Gasteiger charge is 2.13. The largest absolute Gasteiger partial charge is 0.227 e. The third-order valence-corrected chi connectivity index (χ3v) is 5.22. The minimum Gasteiger partial charge on any atom is -0.227 e. The van der Waals surface area contributed by atoms with Gasteiger partial charge >= 0.3 is 0 Å². The van der Waals surface area contributed by atoms with Gasteiger partial charge < -0.3 is 0 Å². The molecule has 0 fully saturated rings. The molecule has 0 N–H and O–H groups in total. The summed E-state index contributed by atoms with van der Waals surface area (Å²) in [7, 11) is 0. The van der Waals surface area contributed by atoms with Crippen LogP contribution in [0.2, 0.25) is 0 Å². The van der Waals surface area contributed by atoms with Crippen LogP contribution in [0.4, 0.5) is 0 Å². The van der Waals surface area contributed by atoms with Gasteiger partial charge in [-0.05, 0) is 23.6 Å². The summed E-state index contributed by atoms with van der Waals surface area (Å²) >= 11 is 3.60. The monoisotopic (exact) mass is 410 g/mol. The highest BCUT2D eigenvalue weighted by molar-refractivity contribution is 9.10. The van der Waals surface area contributed by atoms with Gasteiger partial charge in [-0.1, -0.05) is 88.7 Å². The zero-order valence-corrected chi connectivity index (χ0v) is 16.0. The maximum atomic E-state index is 4.97. The lowest BCUT2D eigenvalue weighted by molar-refractivity contribution is 1.23. The molecular weight excluding hydrogens is 396 g/mol. The third kappa shape index (κ3) is 2.90. The van der Waals surface area contributed by atoms with E-state index in [9.17, 15) is 0 Å². The number of hydrogen-bond acceptors (Lipinski definition) is 2. The summed E-state index contributed by atoms with van der Waals surface area (Å²) in [6.07, 6.45) is 0. The Hall–Kier alpha value is -3.04. The average Bonchev–Trinajstić information content (AvgIpc) is 2.74. The Bertz CT molecular complexity index is 1270. The van der Waals surface area contributed by atoms with E-state index < -0.39 is 0 Å². The van der Waals surface area contributed by atoms with E-state index in [0.717, 1.165) is 43.4 Å². The molecule has 0 aliphatic carbocycles. The third-order valence-electron chi connectivity index (χ3n) is 4.72. The number of nitrogens with zero attached hydrogens (tertiary/aromatic N) is 2. The van der Waals surface area contributed by atoms with Crippen LogP contribution >= 0.6 is 15.9 Å². The summed E-state index contributed by atoms with van der Waals surface area (Å²) in [6.45, 7) is 0. The molecule has 1 heterocycles. The van der Waals surface area contributed by atoms with Crippen LogP contribution in [0.1, 0.15) is 0 Å². The molecule has 3 heteroatoms. The molecule has 0 bridgehead atoms. The van der Waals surface area contributed by atoms with Crippen molar-refractivity contribution in [1.29, 1.82) is 0 Å². The summed E-state index contributed by atoms with van der Waals surface area (Å²) in [6, 6.07) is 31.0. The quantitative estimate of drug-likeness (QED) is 0.296. The van der Waals surface area contributed by atoms with Crippen LogP contribution in [0.25, 0.3) is 44.3 Å². The van der Waals surface area contributed by atoms with Crippen molar-refractivity contribution in [3.8, 4) is 22.6 Å². The van der Waals surface area contributed by atoms with E-state index in [1.807, 2.05) is 36.4 Å². The normalized spacial score (nSPS) is 11.1. The number of rotatable bonds is 2. The van der Waals surface area contributed by atoms with Crippen LogP contribution < -0.4 is 0 Å². The number of halogens is 1. The van der Waals surface area contributed by atoms with E-state index in [1.165, 1.54) is 5.39 Å². The van der Waals surface area contributed by atoms with E-state index in [2.05, 4.69) is 70.5 Å². The maximum absolute atomic E-state index is 4.97. The Kier molecular flexibility index (Phi) is 3.95. The molecule has 1 aromatic heterocycles. The van der Waals surface area contributed by atoms with Crippen molar-refractivity contribution < 1.29 is 0 Å². The molecule has 5 aromatic rings. The van der Waals surface area contributed by atoms with Gasteiger partial charge in [0, 0.05) is 26.4 Å². The smallest absolute Gasteiger partial charge is 0.160 e. The lowest BCUT2D eigenvalue weighted by Crippen LogP contribution is -1.96. The lowest BCUT2D eigenvalue weighted by Gasteiger charge is -2.11. The molecule has 0 atom stereocenters. The summed E-state index contributed by atoms with van der Waals surface area (Å²) in [4.78, 5) is 9.92. The predicted octanol–water partition coefficient (Wildman–Crippen LogP) is 6.88. The fourth-order valence-corrected chi connectivity index (χ4v) is 3.78. The van der Waals surface area contributed by atoms with Crippen molar-refractivity contribution in [3.05, 3.63) is 95.5 Å². The van der Waals surface area contributed by atoms with Crippen molar-refractivity contribution in [2.24, 2.45) is 0 Å². The van der Waals surface area contributed by atoms with E-state index in [4.69, 9.17) is 9.97 Å². The molecule has 0 spiro atoms. The second kappa shape index (κ2) is 6.60. The fraction of sp³-hybridized carbons (Fsp3) is 0. The Labute approximate surface area is 165 Å². The van der Waals surface area contributed by atoms with Crippen molar-refractivity contribution >= 4 is 37.6 Å². The van der Waals surface area contributed by atoms with Gasteiger partial charge in [-0.25, -0.2) is 9.97 Å². The van der Waals surface area contributed by atoms with Gasteiger partial charge in [-0.15, -0.1) is 0 Å². The highest BCUT2D eigenvalue weighted by atomic mass is 79.9. The molecule has 128 valence electrons. The van der Waals surface area contributed by atoms with Crippen LogP contribution in [-0.2, 0) is 0 Å². The van der Waals surface area contributed by atoms with Crippen molar-refractivity contribution in [2.75, 3.05) is 0 Å². The molecule has 4 aromatic carbocycles. The molecule has 0 aliphatic heterocycles. The molecule has 0 amide bonds. The molecule has 2 nitrogen and oxygen atoms in total. The summed E-state index contributed by atoms with van der Waals surface area (Å²) in [5.74, 6) is 0.745. The lowest BCUT2D eigenvalue weighted by atomic mass is 10.0. The predicted molar refractivity (Wildman–Crippen MR) is 116 cm³/mol. The van der Waals surface area contributed by atoms with Crippen LogP contribution in [0.5, 0.6) is 0 Å². The van der Waals surface area contributed by atoms with Gasteiger partial charge in [0.2, 0.25) is 0 Å². The first-order chi connectivity index (χ1) is 13.3. The molecule has 0 unspecified atom stereocenters. The average molecular weight is 411 g/mol. The van der Waals surface area contributed by atoms with E-state index in [0.29, 0.717) is 0 Å². The van der Waals surface area contributed by atoms with Crippen LogP contribution in [0.15, 0.2) is 95.5 Å². The topological polar surface area (TPSA) is 25.8 Å². The minimum atomic E-state index is 0.745. The van der Waals surface area contributed by atoms with Gasteiger partial charge in [-0.2, -0.15) is 0 Å². The van der Waals surface area contributed by atoms with E-state index in [-0.39, 0.29) is 0 Å². The first kappa shape index (κ1) is 16.2. The van der Waals surface area contributed by atoms with Crippen molar-refractivity contribution in [1.82, 2.24) is 9.97 Å². The van der Waals surface area contributed by atoms with Gasteiger partial charge in [0.25, 0.3) is 0 Å². The van der Waals surface area contributed by atoms with Crippen LogP contribution in [0.3, 0.4) is 0 Å². The first-order valence-electron chi connectivity index (χ1n) is 8.80. The van der Waals surface area contributed by atoms with Gasteiger partial charge in [-0.3, -0.25) is 0 Å². The SMILES string of the molecule is Brc1ccc2ccc3c(-c4ccccc4)nc(-c4ccccc4)nc3c2c1. The highest BCUT2D eigenvalue weighted by Crippen LogP contribution is 2.34. The number of hydrogen-bond donors (Lipinski definition) is 0. The van der Waals surface area contributed by atoms with Gasteiger partial charge in [0.05, 0.1) is 11.2 Å². The number of fused-ring (bicyclic) bond motifs is 3. The first-order valence-corrected chi connectivity index (χ1v) is 9.60. The van der Waals surface area contributed by atoms with E-state index >= 15 is 0 Å². The molecular formula is C24H15BrN2. The Morgan fingerprint density at radius 2 is 1.26 bits per heavy atom. The Balaban J connectivity index is 1.92. The standard InChI is InChI=1S/C24H15BrN2/c25-19-13-11-16-12-14-20-22(17-7-3-1-4-8-17)26-24(18-9-5-2-6-10-18)27-23(20)21(16)15-19/h1-15H. The van der Waals surface area contributed by atoms with Crippen LogP contribution in [-0.4, -0.2) is 9.97 Å². The maximum Gasteiger partial charge on any atom is 0.160 e. The summed E-state index contributed by atoms with van der Waals surface area (Å²) in [5.41, 5.74) is 4.04. The zero-order valence-electron chi connectivity index (χ0n) is 14.4. The second-order valence-corrected chi connectivity index (χ2v) is 7.37. The molecule has 0 saturated carbocycles. The van der Waals surface area contributed by atoms with Crippen LogP contribution in [0, 0.1) is 0 Å². The number of benzene rings is 4. The Morgan fingerprint density at radius 1 is 0.593 bits per heavy atom. The molecule has 0 saturated heterocycles. The van der Waals surface area contributed by atoms with Gasteiger partial charge in [0.15, 0.2) is 5.82 Å². The summed E-state index contributed by atoms with van der Waals surface area (Å²) in [5, 5.41) is 3.35. The Morgan fingerprint density at radius 3 is 2.00 bits per heavy atom. The molecule has 0 aliphatic rings. The van der Waals surface area contributed by atoms with Crippen molar-refractivity contribution in [2.45, 2.75) is 0 Å². The molecule has 0 radical (unpaired) electrons. The zero-order chi connectivity index (χ0) is 18.2. The van der Waals surface area contributed by atoms with Gasteiger partial charge in [0.1, 0.15) is 0 Å². The number of aromatic nitrogens is 2. The fourth-order valence-electron chi connectivity index (χ4n) is 3.42. The summed E-state index contributed by atoms with van der Waals surface area (Å²) < 4.78 is 1.05. The molecule has 27 heavy (non-hydrogen) atoms. The second-order valence-electron chi connectivity index (χ2n) is 6.46. The minimum absolute atomic E-state index is 0.745. The van der Waals surface area contributed by atoms with E-state index in [1.54, 1.807) is 0 Å². The van der Waals surface area contributed by atoms with Crippen molar-refractivity contribution in [3.63, 3.8) is 0 Å².